The van der Waals surface area contributed by atoms with Gasteiger partial charge in [-0.25, -0.2) is 0 Å². The van der Waals surface area contributed by atoms with Gasteiger partial charge in [0.2, 0.25) is 5.82 Å². The zero-order chi connectivity index (χ0) is 10.7. The Labute approximate surface area is 84.0 Å². The summed E-state index contributed by atoms with van der Waals surface area (Å²) in [5.74, 6) is -2.70. The van der Waals surface area contributed by atoms with Crippen LogP contribution in [-0.4, -0.2) is 15.4 Å². The molecule has 0 aliphatic heterocycles. The largest absolute Gasteiger partial charge is 0.336 e. The lowest BCUT2D eigenvalue weighted by molar-refractivity contribution is 0.456. The van der Waals surface area contributed by atoms with Crippen LogP contribution in [0.2, 0.25) is 0 Å². The molecule has 0 aliphatic rings. The molecule has 1 aromatic heterocycles. The van der Waals surface area contributed by atoms with E-state index in [1.807, 2.05) is 0 Å². The summed E-state index contributed by atoms with van der Waals surface area (Å²) in [5, 5.41) is 11.8. The Morgan fingerprint density at radius 3 is 2.47 bits per heavy atom. The summed E-state index contributed by atoms with van der Waals surface area (Å²) < 4.78 is 25.7. The third-order valence-electron chi connectivity index (χ3n) is 1.70. The number of benzene rings is 1. The maximum atomic E-state index is 13.1. The highest BCUT2D eigenvalue weighted by atomic mass is 19.2. The second-order valence-electron chi connectivity index (χ2n) is 2.73. The van der Waals surface area contributed by atoms with E-state index < -0.39 is 11.8 Å². The van der Waals surface area contributed by atoms with E-state index in [9.17, 15) is 8.78 Å². The van der Waals surface area contributed by atoms with Gasteiger partial charge in [0, 0.05) is 5.69 Å². The second kappa shape index (κ2) is 3.95. The van der Waals surface area contributed by atoms with Crippen LogP contribution in [0, 0.1) is 11.8 Å². The van der Waals surface area contributed by atoms with Gasteiger partial charge >= 0.3 is 0 Å². The van der Waals surface area contributed by atoms with Crippen LogP contribution in [0.25, 0.3) is 0 Å². The van der Waals surface area contributed by atoms with Crippen LogP contribution >= 0.6 is 0 Å². The van der Waals surface area contributed by atoms with E-state index >= 15 is 0 Å². The molecule has 0 amide bonds. The van der Waals surface area contributed by atoms with Gasteiger partial charge in [0.25, 0.3) is 5.95 Å². The topological polar surface area (TPSA) is 50.7 Å². The normalized spacial score (nSPS) is 10.0. The van der Waals surface area contributed by atoms with E-state index in [4.69, 9.17) is 0 Å². The minimum atomic E-state index is -1.27. The molecular formula is C9H6F2N4. The second-order valence-corrected chi connectivity index (χ2v) is 2.73. The molecule has 0 unspecified atom stereocenters. The number of nitrogens with zero attached hydrogens (tertiary/aromatic N) is 3. The molecule has 4 nitrogen and oxygen atoms in total. The quantitative estimate of drug-likeness (QED) is 0.818. The van der Waals surface area contributed by atoms with Crippen molar-refractivity contribution in [3.63, 3.8) is 0 Å². The fourth-order valence-corrected chi connectivity index (χ4v) is 1.03. The van der Waals surface area contributed by atoms with Crippen molar-refractivity contribution < 1.29 is 8.78 Å². The average molecular weight is 208 g/mol. The van der Waals surface area contributed by atoms with Crippen LogP contribution in [0.15, 0.2) is 30.3 Å². The number of hydrogen-bond acceptors (Lipinski definition) is 4. The van der Waals surface area contributed by atoms with E-state index in [1.54, 1.807) is 30.3 Å². The Kier molecular flexibility index (Phi) is 2.49. The number of rotatable bonds is 2. The zero-order valence-corrected chi connectivity index (χ0v) is 7.48. The maximum Gasteiger partial charge on any atom is 0.274 e. The molecule has 2 rings (SSSR count). The van der Waals surface area contributed by atoms with Crippen molar-refractivity contribution in [2.45, 2.75) is 0 Å². The van der Waals surface area contributed by atoms with Gasteiger partial charge in [-0.15, -0.1) is 5.10 Å². The molecule has 2 aromatic rings. The highest BCUT2D eigenvalue weighted by molar-refractivity contribution is 5.55. The third-order valence-corrected chi connectivity index (χ3v) is 1.70. The fraction of sp³-hybridized carbons (Fsp3) is 0. The van der Waals surface area contributed by atoms with Gasteiger partial charge in [-0.2, -0.15) is 8.78 Å². The molecule has 6 heteroatoms. The summed E-state index contributed by atoms with van der Waals surface area (Å²) >= 11 is 0. The zero-order valence-electron chi connectivity index (χ0n) is 7.48. The van der Waals surface area contributed by atoms with E-state index in [2.05, 4.69) is 20.7 Å². The predicted molar refractivity (Wildman–Crippen MR) is 49.5 cm³/mol. The third kappa shape index (κ3) is 2.04. The number of anilines is 2. The number of para-hydroxylation sites is 1. The minimum absolute atomic E-state index is 0.284. The first-order valence-electron chi connectivity index (χ1n) is 4.14. The molecule has 1 aromatic carbocycles. The summed E-state index contributed by atoms with van der Waals surface area (Å²) in [6, 6.07) is 8.70. The highest BCUT2D eigenvalue weighted by Gasteiger charge is 2.11. The van der Waals surface area contributed by atoms with Gasteiger partial charge in [0.05, 0.1) is 0 Å². The van der Waals surface area contributed by atoms with Gasteiger partial charge in [0.15, 0.2) is 5.82 Å². The van der Waals surface area contributed by atoms with Crippen molar-refractivity contribution in [3.8, 4) is 0 Å². The molecule has 0 atom stereocenters. The molecule has 0 aliphatic carbocycles. The van der Waals surface area contributed by atoms with Gasteiger partial charge in [0.1, 0.15) is 0 Å². The first-order chi connectivity index (χ1) is 7.27. The lowest BCUT2D eigenvalue weighted by Gasteiger charge is -2.04. The van der Waals surface area contributed by atoms with E-state index in [0.29, 0.717) is 5.69 Å². The molecule has 1 N–H and O–H groups in total. The lowest BCUT2D eigenvalue weighted by atomic mass is 10.3. The predicted octanol–water partition coefficient (Wildman–Crippen LogP) is 1.89. The SMILES string of the molecule is Fc1nnnc(Nc2ccccc2)c1F. The molecule has 0 saturated carbocycles. The van der Waals surface area contributed by atoms with Crippen LogP contribution in [-0.2, 0) is 0 Å². The van der Waals surface area contributed by atoms with Crippen molar-refractivity contribution in [1.29, 1.82) is 0 Å². The Balaban J connectivity index is 2.29. The van der Waals surface area contributed by atoms with E-state index in [-0.39, 0.29) is 5.82 Å². The molecule has 0 saturated heterocycles. The number of aromatic nitrogens is 3. The number of hydrogen-bond donors (Lipinski definition) is 1. The smallest absolute Gasteiger partial charge is 0.274 e. The molecule has 1 heterocycles. The molecular weight excluding hydrogens is 202 g/mol. The van der Waals surface area contributed by atoms with Crippen LogP contribution in [0.5, 0.6) is 0 Å². The number of halogens is 2. The van der Waals surface area contributed by atoms with Gasteiger partial charge in [-0.1, -0.05) is 23.3 Å². The highest BCUT2D eigenvalue weighted by Crippen LogP contribution is 2.16. The summed E-state index contributed by atoms with van der Waals surface area (Å²) in [4.78, 5) is 0. The monoisotopic (exact) mass is 208 g/mol. The Bertz CT molecular complexity index is 461. The Hall–Kier alpha value is -2.11. The van der Waals surface area contributed by atoms with Crippen LogP contribution in [0.3, 0.4) is 0 Å². The summed E-state index contributed by atoms with van der Waals surface area (Å²) in [7, 11) is 0. The molecule has 0 radical (unpaired) electrons. The van der Waals surface area contributed by atoms with Crippen molar-refractivity contribution in [2.24, 2.45) is 0 Å². The first kappa shape index (κ1) is 9.45. The molecule has 0 bridgehead atoms. The standard InChI is InChI=1S/C9H6F2N4/c10-7-8(11)13-15-14-9(7)12-6-4-2-1-3-5-6/h1-5H,(H,12,13,14). The van der Waals surface area contributed by atoms with Crippen LogP contribution in [0.4, 0.5) is 20.3 Å². The molecule has 76 valence electrons. The maximum absolute atomic E-state index is 13.1. The Morgan fingerprint density at radius 2 is 1.73 bits per heavy atom. The molecule has 0 fully saturated rings. The van der Waals surface area contributed by atoms with Crippen molar-refractivity contribution in [3.05, 3.63) is 42.1 Å². The van der Waals surface area contributed by atoms with Crippen LogP contribution in [0.1, 0.15) is 0 Å². The van der Waals surface area contributed by atoms with Crippen molar-refractivity contribution >= 4 is 11.5 Å². The van der Waals surface area contributed by atoms with Gasteiger partial charge < -0.3 is 5.32 Å². The summed E-state index contributed by atoms with van der Waals surface area (Å²) in [5.41, 5.74) is 0.594. The van der Waals surface area contributed by atoms with Crippen LogP contribution < -0.4 is 5.32 Å². The lowest BCUT2D eigenvalue weighted by Crippen LogP contribution is -2.04. The number of nitrogens with one attached hydrogen (secondary N) is 1. The Morgan fingerprint density at radius 1 is 1.00 bits per heavy atom. The summed E-state index contributed by atoms with van der Waals surface area (Å²) in [6.45, 7) is 0. The van der Waals surface area contributed by atoms with E-state index in [1.165, 1.54) is 0 Å². The molecule has 15 heavy (non-hydrogen) atoms. The minimum Gasteiger partial charge on any atom is -0.336 e. The van der Waals surface area contributed by atoms with E-state index in [0.717, 1.165) is 0 Å². The van der Waals surface area contributed by atoms with Crippen molar-refractivity contribution in [2.75, 3.05) is 5.32 Å². The fourth-order valence-electron chi connectivity index (χ4n) is 1.03. The van der Waals surface area contributed by atoms with Crippen molar-refractivity contribution in [1.82, 2.24) is 15.4 Å². The average Bonchev–Trinajstić information content (AvgIpc) is 2.26. The van der Waals surface area contributed by atoms with Gasteiger partial charge in [-0.05, 0) is 17.3 Å². The first-order valence-corrected chi connectivity index (χ1v) is 4.14. The van der Waals surface area contributed by atoms with Gasteiger partial charge in [-0.3, -0.25) is 0 Å². The summed E-state index contributed by atoms with van der Waals surface area (Å²) in [6.07, 6.45) is 0. The molecule has 0 spiro atoms.